The minimum Gasteiger partial charge on any atom is -0.348 e. The van der Waals surface area contributed by atoms with Crippen LogP contribution < -0.4 is 5.32 Å². The van der Waals surface area contributed by atoms with Crippen molar-refractivity contribution < 1.29 is 0 Å². The highest BCUT2D eigenvalue weighted by molar-refractivity contribution is 8.01. The maximum Gasteiger partial charge on any atom is 0.0921 e. The highest BCUT2D eigenvalue weighted by atomic mass is 32.2. The number of aromatic nitrogens is 2. The number of thiophene rings is 1. The highest BCUT2D eigenvalue weighted by Crippen LogP contribution is 2.43. The zero-order valence-corrected chi connectivity index (χ0v) is 12.0. The van der Waals surface area contributed by atoms with Crippen molar-refractivity contribution in [3.63, 3.8) is 0 Å². The highest BCUT2D eigenvalue weighted by Gasteiger charge is 2.25. The number of hydrogen-bond acceptors (Lipinski definition) is 4. The summed E-state index contributed by atoms with van der Waals surface area (Å²) in [6.07, 6.45) is 5.87. The van der Waals surface area contributed by atoms with Gasteiger partial charge in [0.1, 0.15) is 0 Å². The first-order chi connectivity index (χ1) is 8.83. The normalized spacial score (nSPS) is 22.9. The molecule has 1 unspecified atom stereocenters. The molecule has 3 rings (SSSR count). The van der Waals surface area contributed by atoms with E-state index in [9.17, 15) is 0 Å². The van der Waals surface area contributed by atoms with Crippen molar-refractivity contribution in [2.45, 2.75) is 35.3 Å². The molecule has 1 aliphatic heterocycles. The van der Waals surface area contributed by atoms with Gasteiger partial charge >= 0.3 is 0 Å². The van der Waals surface area contributed by atoms with Crippen LogP contribution in [0.2, 0.25) is 0 Å². The van der Waals surface area contributed by atoms with E-state index in [1.807, 2.05) is 29.3 Å². The molecule has 2 atom stereocenters. The van der Waals surface area contributed by atoms with Gasteiger partial charge in [0.2, 0.25) is 0 Å². The lowest BCUT2D eigenvalue weighted by molar-refractivity contribution is 0.491. The average Bonchev–Trinajstić information content (AvgIpc) is 2.98. The van der Waals surface area contributed by atoms with Crippen LogP contribution >= 0.6 is 23.1 Å². The number of rotatable bonds is 4. The zero-order valence-electron chi connectivity index (χ0n) is 10.3. The van der Waals surface area contributed by atoms with Gasteiger partial charge in [0.05, 0.1) is 10.5 Å². The Bertz CT molecular complexity index is 492. The third-order valence-electron chi connectivity index (χ3n) is 3.25. The van der Waals surface area contributed by atoms with Gasteiger partial charge in [0.25, 0.3) is 0 Å². The Morgan fingerprint density at radius 3 is 3.33 bits per heavy atom. The summed E-state index contributed by atoms with van der Waals surface area (Å²) in [5.74, 6) is 0. The Balaban J connectivity index is 1.60. The summed E-state index contributed by atoms with van der Waals surface area (Å²) in [6.45, 7) is 3.32. The Morgan fingerprint density at radius 2 is 2.50 bits per heavy atom. The number of imidazole rings is 1. The van der Waals surface area contributed by atoms with Crippen molar-refractivity contribution in [3.05, 3.63) is 35.2 Å². The minimum absolute atomic E-state index is 0.519. The summed E-state index contributed by atoms with van der Waals surface area (Å²) >= 11 is 3.89. The zero-order chi connectivity index (χ0) is 12.4. The number of H-pyrrole nitrogens is 1. The van der Waals surface area contributed by atoms with Crippen molar-refractivity contribution in [2.75, 3.05) is 6.54 Å². The SMILES string of the molecule is C[C@H]1CC(NCCc2cnc[nH]2)c2ccsc2S1. The molecule has 2 N–H and O–H groups in total. The maximum absolute atomic E-state index is 4.04. The second-order valence-corrected chi connectivity index (χ2v) is 7.28. The summed E-state index contributed by atoms with van der Waals surface area (Å²) < 4.78 is 1.49. The largest absolute Gasteiger partial charge is 0.348 e. The van der Waals surface area contributed by atoms with Crippen LogP contribution in [0.1, 0.15) is 30.6 Å². The van der Waals surface area contributed by atoms with Crippen LogP contribution in [0.3, 0.4) is 0 Å². The van der Waals surface area contributed by atoms with E-state index >= 15 is 0 Å². The number of aromatic amines is 1. The molecule has 2 aromatic heterocycles. The number of thioether (sulfide) groups is 1. The Kier molecular flexibility index (Phi) is 3.72. The average molecular weight is 279 g/mol. The Morgan fingerprint density at radius 1 is 1.56 bits per heavy atom. The van der Waals surface area contributed by atoms with Crippen LogP contribution in [0.4, 0.5) is 0 Å². The van der Waals surface area contributed by atoms with Crippen molar-refractivity contribution in [3.8, 4) is 0 Å². The molecule has 18 heavy (non-hydrogen) atoms. The fraction of sp³-hybridized carbons (Fsp3) is 0.462. The van der Waals surface area contributed by atoms with E-state index < -0.39 is 0 Å². The number of fused-ring (bicyclic) bond motifs is 1. The first-order valence-electron chi connectivity index (χ1n) is 6.27. The summed E-state index contributed by atoms with van der Waals surface area (Å²) in [5.41, 5.74) is 2.69. The molecule has 96 valence electrons. The second-order valence-electron chi connectivity index (χ2n) is 4.66. The molecule has 1 aliphatic rings. The Labute approximate surface area is 115 Å². The number of nitrogens with zero attached hydrogens (tertiary/aromatic N) is 1. The van der Waals surface area contributed by atoms with Gasteiger partial charge < -0.3 is 10.3 Å². The standard InChI is InChI=1S/C13H17N3S2/c1-9-6-12(11-3-5-17-13(11)18-9)15-4-2-10-7-14-8-16-10/h3,5,7-9,12,15H,2,4,6H2,1H3,(H,14,16)/t9-,12?/m0/s1. The fourth-order valence-electron chi connectivity index (χ4n) is 2.34. The van der Waals surface area contributed by atoms with Crippen LogP contribution in [0.25, 0.3) is 0 Å². The van der Waals surface area contributed by atoms with Crippen LogP contribution in [0, 0.1) is 0 Å². The van der Waals surface area contributed by atoms with Gasteiger partial charge in [-0.2, -0.15) is 0 Å². The maximum atomic E-state index is 4.04. The first kappa shape index (κ1) is 12.3. The van der Waals surface area contributed by atoms with Crippen molar-refractivity contribution in [2.24, 2.45) is 0 Å². The van der Waals surface area contributed by atoms with Crippen molar-refractivity contribution >= 4 is 23.1 Å². The van der Waals surface area contributed by atoms with Gasteiger partial charge in [0, 0.05) is 36.1 Å². The molecule has 0 amide bonds. The Hall–Kier alpha value is -0.780. The number of nitrogens with one attached hydrogen (secondary N) is 2. The van der Waals surface area contributed by atoms with E-state index in [0.29, 0.717) is 11.3 Å². The third kappa shape index (κ3) is 2.63. The topological polar surface area (TPSA) is 40.7 Å². The molecule has 0 saturated carbocycles. The second kappa shape index (κ2) is 5.47. The van der Waals surface area contributed by atoms with Gasteiger partial charge in [-0.25, -0.2) is 4.98 Å². The lowest BCUT2D eigenvalue weighted by Crippen LogP contribution is -2.28. The molecule has 2 aromatic rings. The van der Waals surface area contributed by atoms with Gasteiger partial charge in [-0.15, -0.1) is 23.1 Å². The molecule has 0 radical (unpaired) electrons. The number of hydrogen-bond donors (Lipinski definition) is 2. The van der Waals surface area contributed by atoms with Crippen LogP contribution in [0.5, 0.6) is 0 Å². The predicted molar refractivity (Wildman–Crippen MR) is 77.3 cm³/mol. The monoisotopic (exact) mass is 279 g/mol. The summed E-state index contributed by atoms with van der Waals surface area (Å²) in [5, 5.41) is 6.59. The smallest absolute Gasteiger partial charge is 0.0921 e. The van der Waals surface area contributed by atoms with Crippen molar-refractivity contribution in [1.29, 1.82) is 0 Å². The molecule has 3 nitrogen and oxygen atoms in total. The van der Waals surface area contributed by atoms with E-state index in [4.69, 9.17) is 0 Å². The van der Waals surface area contributed by atoms with E-state index in [2.05, 4.69) is 33.7 Å². The van der Waals surface area contributed by atoms with Crippen LogP contribution in [-0.4, -0.2) is 21.8 Å². The van der Waals surface area contributed by atoms with E-state index in [-0.39, 0.29) is 0 Å². The van der Waals surface area contributed by atoms with Gasteiger partial charge in [-0.3, -0.25) is 0 Å². The molecule has 0 spiro atoms. The molecule has 0 fully saturated rings. The van der Waals surface area contributed by atoms with Gasteiger partial charge in [-0.05, 0) is 23.4 Å². The van der Waals surface area contributed by atoms with Gasteiger partial charge in [-0.1, -0.05) is 6.92 Å². The fourth-order valence-corrected chi connectivity index (χ4v) is 4.91. The lowest BCUT2D eigenvalue weighted by atomic mass is 10.0. The summed E-state index contributed by atoms with van der Waals surface area (Å²) in [6, 6.07) is 2.79. The summed E-state index contributed by atoms with van der Waals surface area (Å²) in [7, 11) is 0. The van der Waals surface area contributed by atoms with Crippen LogP contribution in [0.15, 0.2) is 28.2 Å². The van der Waals surface area contributed by atoms with E-state index in [1.54, 1.807) is 6.33 Å². The molecule has 0 saturated heterocycles. The van der Waals surface area contributed by atoms with Crippen LogP contribution in [-0.2, 0) is 6.42 Å². The molecular weight excluding hydrogens is 262 g/mol. The quantitative estimate of drug-likeness (QED) is 0.903. The minimum atomic E-state index is 0.519. The third-order valence-corrected chi connectivity index (χ3v) is 5.59. The molecule has 0 aliphatic carbocycles. The summed E-state index contributed by atoms with van der Waals surface area (Å²) in [4.78, 5) is 7.19. The predicted octanol–water partition coefficient (Wildman–Crippen LogP) is 3.23. The first-order valence-corrected chi connectivity index (χ1v) is 8.03. The molecular formula is C13H17N3S2. The van der Waals surface area contributed by atoms with E-state index in [0.717, 1.165) is 13.0 Å². The van der Waals surface area contributed by atoms with Crippen molar-refractivity contribution in [1.82, 2.24) is 15.3 Å². The molecule has 0 aromatic carbocycles. The molecule has 3 heterocycles. The lowest BCUT2D eigenvalue weighted by Gasteiger charge is -2.27. The van der Waals surface area contributed by atoms with Gasteiger partial charge in [0.15, 0.2) is 0 Å². The molecule has 0 bridgehead atoms. The molecule has 5 heteroatoms. The van der Waals surface area contributed by atoms with E-state index in [1.165, 1.54) is 21.9 Å².